The van der Waals surface area contributed by atoms with Crippen molar-refractivity contribution in [2.45, 2.75) is 52.1 Å². The maximum absolute atomic E-state index is 11.6. The molecule has 0 aliphatic carbocycles. The molecular formula is C17H26O4. The van der Waals surface area contributed by atoms with Gasteiger partial charge in [0, 0.05) is 6.42 Å². The first-order valence-corrected chi connectivity index (χ1v) is 7.45. The van der Waals surface area contributed by atoms with Crippen LogP contribution in [0.5, 0.6) is 5.75 Å². The van der Waals surface area contributed by atoms with Crippen molar-refractivity contribution in [1.29, 1.82) is 0 Å². The molecule has 0 saturated carbocycles. The highest BCUT2D eigenvalue weighted by atomic mass is 16.6. The quantitative estimate of drug-likeness (QED) is 0.591. The zero-order chi connectivity index (χ0) is 15.7. The van der Waals surface area contributed by atoms with Crippen molar-refractivity contribution in [3.8, 4) is 5.75 Å². The number of aryl methyl sites for hydroxylation is 1. The Hall–Kier alpha value is -1.55. The molecule has 0 saturated heterocycles. The molecule has 0 unspecified atom stereocenters. The van der Waals surface area contributed by atoms with Gasteiger partial charge >= 0.3 is 5.97 Å². The van der Waals surface area contributed by atoms with Crippen LogP contribution in [0.2, 0.25) is 0 Å². The van der Waals surface area contributed by atoms with Gasteiger partial charge in [0.15, 0.2) is 0 Å². The SMILES string of the molecule is CC(C)(C)OC(=O)CCCCc1cccc(OCCO)c1. The molecule has 0 fully saturated rings. The highest BCUT2D eigenvalue weighted by Crippen LogP contribution is 2.16. The number of aliphatic hydroxyl groups is 1. The minimum atomic E-state index is -0.407. The van der Waals surface area contributed by atoms with Gasteiger partial charge in [-0.1, -0.05) is 12.1 Å². The maximum atomic E-state index is 11.6. The summed E-state index contributed by atoms with van der Waals surface area (Å²) in [4.78, 5) is 11.6. The average Bonchev–Trinajstić information content (AvgIpc) is 2.40. The number of hydrogen-bond donors (Lipinski definition) is 1. The first-order valence-electron chi connectivity index (χ1n) is 7.45. The molecule has 1 N–H and O–H groups in total. The van der Waals surface area contributed by atoms with Gasteiger partial charge in [-0.2, -0.15) is 0 Å². The van der Waals surface area contributed by atoms with E-state index < -0.39 is 5.60 Å². The van der Waals surface area contributed by atoms with Gasteiger partial charge in [0.25, 0.3) is 0 Å². The van der Waals surface area contributed by atoms with Gasteiger partial charge in [0.05, 0.1) is 6.61 Å². The van der Waals surface area contributed by atoms with Crippen LogP contribution in [0.1, 0.15) is 45.6 Å². The van der Waals surface area contributed by atoms with Crippen LogP contribution < -0.4 is 4.74 Å². The second-order valence-corrected chi connectivity index (χ2v) is 6.01. The molecule has 1 aromatic carbocycles. The fraction of sp³-hybridized carbons (Fsp3) is 0.588. The van der Waals surface area contributed by atoms with Gasteiger partial charge in [0.2, 0.25) is 0 Å². The Morgan fingerprint density at radius 2 is 2.00 bits per heavy atom. The predicted molar refractivity (Wildman–Crippen MR) is 82.4 cm³/mol. The maximum Gasteiger partial charge on any atom is 0.306 e. The number of esters is 1. The normalized spacial score (nSPS) is 11.2. The summed E-state index contributed by atoms with van der Waals surface area (Å²) in [5.74, 6) is 0.635. The summed E-state index contributed by atoms with van der Waals surface area (Å²) in [6.45, 7) is 5.95. The van der Waals surface area contributed by atoms with Crippen molar-refractivity contribution in [3.05, 3.63) is 29.8 Å². The number of hydrogen-bond acceptors (Lipinski definition) is 4. The Kier molecular flexibility index (Phi) is 7.23. The van der Waals surface area contributed by atoms with Crippen LogP contribution in [0.3, 0.4) is 0 Å². The third-order valence-electron chi connectivity index (χ3n) is 2.77. The van der Waals surface area contributed by atoms with E-state index in [-0.39, 0.29) is 12.6 Å². The monoisotopic (exact) mass is 294 g/mol. The second kappa shape index (κ2) is 8.67. The second-order valence-electron chi connectivity index (χ2n) is 6.01. The van der Waals surface area contributed by atoms with Crippen molar-refractivity contribution < 1.29 is 19.4 Å². The van der Waals surface area contributed by atoms with Gasteiger partial charge in [0.1, 0.15) is 18.0 Å². The Morgan fingerprint density at radius 3 is 2.67 bits per heavy atom. The lowest BCUT2D eigenvalue weighted by Gasteiger charge is -2.19. The van der Waals surface area contributed by atoms with Crippen molar-refractivity contribution in [1.82, 2.24) is 0 Å². The van der Waals surface area contributed by atoms with Gasteiger partial charge in [-0.3, -0.25) is 4.79 Å². The molecule has 0 aliphatic rings. The zero-order valence-corrected chi connectivity index (χ0v) is 13.2. The van der Waals surface area contributed by atoms with E-state index in [2.05, 4.69) is 0 Å². The summed E-state index contributed by atoms with van der Waals surface area (Å²) in [5, 5.41) is 8.73. The van der Waals surface area contributed by atoms with Crippen LogP contribution >= 0.6 is 0 Å². The fourth-order valence-electron chi connectivity index (χ4n) is 1.95. The lowest BCUT2D eigenvalue weighted by Crippen LogP contribution is -2.23. The Labute approximate surface area is 127 Å². The third kappa shape index (κ3) is 8.35. The molecule has 118 valence electrons. The number of benzene rings is 1. The lowest BCUT2D eigenvalue weighted by atomic mass is 10.1. The van der Waals surface area contributed by atoms with E-state index >= 15 is 0 Å². The summed E-state index contributed by atoms with van der Waals surface area (Å²) in [6, 6.07) is 7.83. The minimum absolute atomic E-state index is 0.0140. The molecule has 21 heavy (non-hydrogen) atoms. The Bertz CT molecular complexity index is 435. The molecule has 0 spiro atoms. The predicted octanol–water partition coefficient (Wildman–Crippen LogP) is 3.11. The number of ether oxygens (including phenoxy) is 2. The van der Waals surface area contributed by atoms with Crippen LogP contribution in [-0.2, 0) is 16.0 Å². The van der Waals surface area contributed by atoms with Crippen molar-refractivity contribution >= 4 is 5.97 Å². The van der Waals surface area contributed by atoms with Crippen LogP contribution in [0, 0.1) is 0 Å². The lowest BCUT2D eigenvalue weighted by molar-refractivity contribution is -0.154. The van der Waals surface area contributed by atoms with Crippen molar-refractivity contribution in [3.63, 3.8) is 0 Å². The number of rotatable bonds is 8. The molecule has 0 amide bonds. The number of carbonyl (C=O) groups is 1. The first-order chi connectivity index (χ1) is 9.90. The van der Waals surface area contributed by atoms with Crippen molar-refractivity contribution in [2.24, 2.45) is 0 Å². The molecule has 4 heteroatoms. The highest BCUT2D eigenvalue weighted by molar-refractivity contribution is 5.69. The van der Waals surface area contributed by atoms with Gasteiger partial charge in [-0.15, -0.1) is 0 Å². The molecule has 0 heterocycles. The molecule has 0 radical (unpaired) electrons. The highest BCUT2D eigenvalue weighted by Gasteiger charge is 2.15. The molecule has 1 rings (SSSR count). The molecule has 0 bridgehead atoms. The molecule has 1 aromatic rings. The van der Waals surface area contributed by atoms with E-state index in [1.54, 1.807) is 0 Å². The minimum Gasteiger partial charge on any atom is -0.491 e. The van der Waals surface area contributed by atoms with E-state index in [1.807, 2.05) is 45.0 Å². The average molecular weight is 294 g/mol. The molecule has 0 aromatic heterocycles. The van der Waals surface area contributed by atoms with Crippen LogP contribution in [0.25, 0.3) is 0 Å². The molecule has 4 nitrogen and oxygen atoms in total. The van der Waals surface area contributed by atoms with E-state index in [0.29, 0.717) is 13.0 Å². The van der Waals surface area contributed by atoms with Gasteiger partial charge in [-0.05, 0) is 57.7 Å². The summed E-state index contributed by atoms with van der Waals surface area (Å²) in [6.07, 6.45) is 3.11. The van der Waals surface area contributed by atoms with E-state index in [4.69, 9.17) is 14.6 Å². The summed E-state index contributed by atoms with van der Waals surface area (Å²) >= 11 is 0. The molecule has 0 aliphatic heterocycles. The topological polar surface area (TPSA) is 55.8 Å². The van der Waals surface area contributed by atoms with E-state index in [9.17, 15) is 4.79 Å². The van der Waals surface area contributed by atoms with Crippen molar-refractivity contribution in [2.75, 3.05) is 13.2 Å². The van der Waals surface area contributed by atoms with Crippen LogP contribution in [0.4, 0.5) is 0 Å². The molecular weight excluding hydrogens is 268 g/mol. The largest absolute Gasteiger partial charge is 0.491 e. The summed E-state index contributed by atoms with van der Waals surface area (Å²) in [5.41, 5.74) is 0.768. The van der Waals surface area contributed by atoms with Gasteiger partial charge in [-0.25, -0.2) is 0 Å². The van der Waals surface area contributed by atoms with Gasteiger partial charge < -0.3 is 14.6 Å². The smallest absolute Gasteiger partial charge is 0.306 e. The number of carbonyl (C=O) groups excluding carboxylic acids is 1. The Balaban J connectivity index is 2.28. The van der Waals surface area contributed by atoms with Crippen LogP contribution in [0.15, 0.2) is 24.3 Å². The molecule has 0 atom stereocenters. The van der Waals surface area contributed by atoms with Crippen LogP contribution in [-0.4, -0.2) is 29.9 Å². The first kappa shape index (κ1) is 17.5. The standard InChI is InChI=1S/C17H26O4/c1-17(2,3)21-16(19)10-5-4-7-14-8-6-9-15(13-14)20-12-11-18/h6,8-9,13,18H,4-5,7,10-12H2,1-3H3. The number of aliphatic hydroxyl groups excluding tert-OH is 1. The van der Waals surface area contributed by atoms with E-state index in [0.717, 1.165) is 25.0 Å². The fourth-order valence-corrected chi connectivity index (χ4v) is 1.95. The summed E-state index contributed by atoms with van der Waals surface area (Å²) in [7, 11) is 0. The number of unbranched alkanes of at least 4 members (excludes halogenated alkanes) is 1. The third-order valence-corrected chi connectivity index (χ3v) is 2.77. The zero-order valence-electron chi connectivity index (χ0n) is 13.2. The summed E-state index contributed by atoms with van der Waals surface area (Å²) < 4.78 is 10.6. The Morgan fingerprint density at radius 1 is 1.24 bits per heavy atom. The van der Waals surface area contributed by atoms with E-state index in [1.165, 1.54) is 5.56 Å².